The molecule has 0 spiro atoms. The van der Waals surface area contributed by atoms with Crippen molar-refractivity contribution in [2.45, 2.75) is 6.54 Å². The van der Waals surface area contributed by atoms with E-state index >= 15 is 0 Å². The molecular formula is C23H19ClN2O4S. The van der Waals surface area contributed by atoms with Crippen LogP contribution in [0.25, 0.3) is 0 Å². The summed E-state index contributed by atoms with van der Waals surface area (Å²) in [5, 5.41) is 3.32. The highest BCUT2D eigenvalue weighted by Gasteiger charge is 2.40. The van der Waals surface area contributed by atoms with E-state index in [1.807, 2.05) is 30.3 Å². The Labute approximate surface area is 185 Å². The number of hydrogen-bond acceptors (Lipinski definition) is 5. The molecule has 0 aliphatic carbocycles. The van der Waals surface area contributed by atoms with Gasteiger partial charge in [0.1, 0.15) is 5.75 Å². The summed E-state index contributed by atoms with van der Waals surface area (Å²) in [5.74, 6) is -0.114. The lowest BCUT2D eigenvalue weighted by Gasteiger charge is -2.31. The van der Waals surface area contributed by atoms with Crippen LogP contribution in [-0.2, 0) is 16.6 Å². The van der Waals surface area contributed by atoms with E-state index in [1.54, 1.807) is 42.5 Å². The Kier molecular flexibility index (Phi) is 5.71. The van der Waals surface area contributed by atoms with Crippen LogP contribution in [0.3, 0.4) is 0 Å². The number of Topliss-reactive ketones (excluding diaryl/α,β-unsaturated/α-hetero) is 1. The summed E-state index contributed by atoms with van der Waals surface area (Å²) in [6.07, 6.45) is 1.19. The van der Waals surface area contributed by atoms with Crippen molar-refractivity contribution in [3.63, 3.8) is 0 Å². The number of nitrogens with zero attached hydrogens (tertiary/aromatic N) is 1. The fourth-order valence-electron chi connectivity index (χ4n) is 3.38. The van der Waals surface area contributed by atoms with Crippen LogP contribution in [0.1, 0.15) is 15.9 Å². The first-order chi connectivity index (χ1) is 14.9. The summed E-state index contributed by atoms with van der Waals surface area (Å²) in [6.45, 7) is 0.102. The van der Waals surface area contributed by atoms with Crippen molar-refractivity contribution in [2.24, 2.45) is 0 Å². The molecule has 4 rings (SSSR count). The number of sulfonamides is 1. The first-order valence-corrected chi connectivity index (χ1v) is 11.2. The van der Waals surface area contributed by atoms with E-state index in [2.05, 4.69) is 5.32 Å². The molecule has 0 radical (unpaired) electrons. The number of fused-ring (bicyclic) bond motifs is 1. The minimum absolute atomic E-state index is 0.102. The Morgan fingerprint density at radius 1 is 1.03 bits per heavy atom. The molecule has 3 aromatic carbocycles. The summed E-state index contributed by atoms with van der Waals surface area (Å²) in [6, 6.07) is 20.8. The van der Waals surface area contributed by atoms with Crippen molar-refractivity contribution in [2.75, 3.05) is 16.7 Å². The Hall–Kier alpha value is -3.29. The highest BCUT2D eigenvalue weighted by molar-refractivity contribution is 7.97. The normalized spacial score (nSPS) is 16.1. The van der Waals surface area contributed by atoms with Gasteiger partial charge >= 0.3 is 0 Å². The molecular weight excluding hydrogens is 436 g/mol. The number of rotatable bonds is 5. The van der Waals surface area contributed by atoms with Gasteiger partial charge in [-0.3, -0.25) is 9.10 Å². The SMILES string of the molecule is COc1ccc(Cl)cc1NC=C1C(=O)c2ccccc2N(Cc2ccccc2)S1(=O)=O. The third-order valence-corrected chi connectivity index (χ3v) is 6.90. The second-order valence-electron chi connectivity index (χ2n) is 6.84. The van der Waals surface area contributed by atoms with Gasteiger partial charge in [0.25, 0.3) is 10.0 Å². The molecule has 158 valence electrons. The van der Waals surface area contributed by atoms with Crippen LogP contribution in [0.15, 0.2) is 83.9 Å². The zero-order chi connectivity index (χ0) is 22.0. The number of hydrogen-bond donors (Lipinski definition) is 1. The van der Waals surface area contributed by atoms with E-state index in [9.17, 15) is 13.2 Å². The Balaban J connectivity index is 1.79. The quantitative estimate of drug-likeness (QED) is 0.558. The molecule has 1 heterocycles. The molecule has 1 N–H and O–H groups in total. The number of ether oxygens (including phenoxy) is 1. The summed E-state index contributed by atoms with van der Waals surface area (Å²) in [5.41, 5.74) is 1.92. The molecule has 0 aromatic heterocycles. The highest BCUT2D eigenvalue weighted by Crippen LogP contribution is 2.36. The molecule has 1 aliphatic rings. The van der Waals surface area contributed by atoms with Gasteiger partial charge in [0.2, 0.25) is 5.78 Å². The zero-order valence-electron chi connectivity index (χ0n) is 16.6. The number of carbonyl (C=O) groups is 1. The maximum Gasteiger partial charge on any atom is 0.270 e. The average Bonchev–Trinajstić information content (AvgIpc) is 2.77. The number of anilines is 2. The van der Waals surface area contributed by atoms with Gasteiger partial charge < -0.3 is 10.1 Å². The summed E-state index contributed by atoms with van der Waals surface area (Å²) in [7, 11) is -2.63. The number of nitrogens with one attached hydrogen (secondary N) is 1. The zero-order valence-corrected chi connectivity index (χ0v) is 18.2. The lowest BCUT2D eigenvalue weighted by atomic mass is 10.1. The van der Waals surface area contributed by atoms with Crippen molar-refractivity contribution in [1.29, 1.82) is 0 Å². The maximum absolute atomic E-state index is 13.5. The third-order valence-electron chi connectivity index (χ3n) is 4.90. The van der Waals surface area contributed by atoms with Crippen molar-refractivity contribution in [3.05, 3.63) is 100 Å². The van der Waals surface area contributed by atoms with Crippen LogP contribution < -0.4 is 14.4 Å². The molecule has 1 aliphatic heterocycles. The van der Waals surface area contributed by atoms with Crippen molar-refractivity contribution in [1.82, 2.24) is 0 Å². The molecule has 0 saturated heterocycles. The highest BCUT2D eigenvalue weighted by atomic mass is 35.5. The van der Waals surface area contributed by atoms with Gasteiger partial charge in [0.05, 0.1) is 25.0 Å². The topological polar surface area (TPSA) is 75.7 Å². The Morgan fingerprint density at radius 3 is 2.48 bits per heavy atom. The summed E-state index contributed by atoms with van der Waals surface area (Å²) < 4.78 is 33.5. The molecule has 8 heteroatoms. The predicted octanol–water partition coefficient (Wildman–Crippen LogP) is 4.83. The van der Waals surface area contributed by atoms with Crippen molar-refractivity contribution < 1.29 is 17.9 Å². The molecule has 0 saturated carbocycles. The average molecular weight is 455 g/mol. The number of halogens is 1. The van der Waals surface area contributed by atoms with Gasteiger partial charge in [0, 0.05) is 16.8 Å². The molecule has 3 aromatic rings. The van der Waals surface area contributed by atoms with Gasteiger partial charge in [0.15, 0.2) is 4.91 Å². The Morgan fingerprint density at radius 2 is 1.74 bits per heavy atom. The van der Waals surface area contributed by atoms with Crippen molar-refractivity contribution >= 4 is 38.8 Å². The predicted molar refractivity (Wildman–Crippen MR) is 122 cm³/mol. The van der Waals surface area contributed by atoms with Crippen LogP contribution in [0.2, 0.25) is 5.02 Å². The minimum Gasteiger partial charge on any atom is -0.495 e. The van der Waals surface area contributed by atoms with Gasteiger partial charge in [-0.25, -0.2) is 8.42 Å². The lowest BCUT2D eigenvalue weighted by molar-refractivity contribution is 0.104. The fourth-order valence-corrected chi connectivity index (χ4v) is 5.08. The van der Waals surface area contributed by atoms with E-state index < -0.39 is 15.8 Å². The van der Waals surface area contributed by atoms with Crippen LogP contribution in [0, 0.1) is 0 Å². The van der Waals surface area contributed by atoms with Gasteiger partial charge in [-0.1, -0.05) is 54.1 Å². The smallest absolute Gasteiger partial charge is 0.270 e. The molecule has 0 fully saturated rings. The molecule has 0 unspecified atom stereocenters. The van der Waals surface area contributed by atoms with Gasteiger partial charge in [-0.15, -0.1) is 0 Å². The van der Waals surface area contributed by atoms with E-state index in [4.69, 9.17) is 16.3 Å². The lowest BCUT2D eigenvalue weighted by Crippen LogP contribution is -2.39. The van der Waals surface area contributed by atoms with Crippen LogP contribution in [0.4, 0.5) is 11.4 Å². The number of allylic oxidation sites excluding steroid dienone is 1. The number of para-hydroxylation sites is 1. The van der Waals surface area contributed by atoms with Crippen LogP contribution in [0.5, 0.6) is 5.75 Å². The molecule has 0 atom stereocenters. The number of ketones is 1. The van der Waals surface area contributed by atoms with Gasteiger partial charge in [-0.2, -0.15) is 0 Å². The molecule has 6 nitrogen and oxygen atoms in total. The van der Waals surface area contributed by atoms with Crippen molar-refractivity contribution in [3.8, 4) is 5.75 Å². The first-order valence-electron chi connectivity index (χ1n) is 9.42. The Bertz CT molecular complexity index is 1270. The third kappa shape index (κ3) is 4.02. The number of benzene rings is 3. The minimum atomic E-state index is -4.12. The number of methoxy groups -OCH3 is 1. The second-order valence-corrected chi connectivity index (χ2v) is 9.11. The van der Waals surface area contributed by atoms with E-state index in [-0.39, 0.29) is 11.4 Å². The standard InChI is InChI=1S/C23H19ClN2O4S/c1-30-21-12-11-17(24)13-19(21)25-14-22-23(27)18-9-5-6-10-20(18)26(31(22,28)29)15-16-7-3-2-4-8-16/h2-14,25H,15H2,1H3. The second kappa shape index (κ2) is 8.45. The first kappa shape index (κ1) is 21.0. The largest absolute Gasteiger partial charge is 0.495 e. The van der Waals surface area contributed by atoms with Crippen LogP contribution in [-0.4, -0.2) is 21.3 Å². The van der Waals surface area contributed by atoms with E-state index in [1.165, 1.54) is 17.6 Å². The maximum atomic E-state index is 13.5. The van der Waals surface area contributed by atoms with E-state index in [0.717, 1.165) is 5.56 Å². The van der Waals surface area contributed by atoms with E-state index in [0.29, 0.717) is 27.7 Å². The van der Waals surface area contributed by atoms with Crippen LogP contribution >= 0.6 is 11.6 Å². The fraction of sp³-hybridized carbons (Fsp3) is 0.0870. The molecule has 0 amide bonds. The summed E-state index contributed by atoms with van der Waals surface area (Å²) >= 11 is 6.05. The van der Waals surface area contributed by atoms with Gasteiger partial charge in [-0.05, 0) is 35.9 Å². The number of carbonyl (C=O) groups excluding carboxylic acids is 1. The monoisotopic (exact) mass is 454 g/mol. The molecule has 31 heavy (non-hydrogen) atoms. The molecule has 0 bridgehead atoms. The summed E-state index contributed by atoms with van der Waals surface area (Å²) in [4.78, 5) is 12.7.